The molecule has 7 nitrogen and oxygen atoms in total. The Morgan fingerprint density at radius 2 is 1.73 bits per heavy atom. The van der Waals surface area contributed by atoms with Gasteiger partial charge in [0, 0.05) is 5.56 Å². The van der Waals surface area contributed by atoms with E-state index < -0.39 is 11.9 Å². The quantitative estimate of drug-likeness (QED) is 0.189. The Morgan fingerprint density at radius 1 is 1.00 bits per heavy atom. The van der Waals surface area contributed by atoms with Gasteiger partial charge < -0.3 is 19.3 Å². The number of aliphatic hydroxyl groups excluding tert-OH is 1. The monoisotopic (exact) mass is 669 g/mol. The molecule has 1 aliphatic rings. The van der Waals surface area contributed by atoms with Gasteiger partial charge in [-0.2, -0.15) is 0 Å². The minimum atomic E-state index is -0.750. The smallest absolute Gasteiger partial charge is 0.344 e. The topological polar surface area (TPSA) is 94.4 Å². The van der Waals surface area contributed by atoms with Gasteiger partial charge in [-0.15, -0.1) is 0 Å². The van der Waals surface area contributed by atoms with Crippen LogP contribution in [0, 0.1) is 10.5 Å². The number of aliphatic hydroxyl groups is 1. The van der Waals surface area contributed by atoms with Gasteiger partial charge >= 0.3 is 5.97 Å². The Kier molecular flexibility index (Phi) is 10.1. The van der Waals surface area contributed by atoms with E-state index in [1.165, 1.54) is 5.56 Å². The van der Waals surface area contributed by atoms with Gasteiger partial charge in [0.05, 0.1) is 21.7 Å². The third kappa shape index (κ3) is 7.14. The molecular formula is C31H28INO6S. The number of halogens is 1. The van der Waals surface area contributed by atoms with E-state index >= 15 is 0 Å². The molecule has 0 saturated carbocycles. The molecule has 3 aromatic carbocycles. The summed E-state index contributed by atoms with van der Waals surface area (Å²) in [6.07, 6.45) is 1.71. The fourth-order valence-electron chi connectivity index (χ4n) is 3.79. The second-order valence-corrected chi connectivity index (χ2v) is 10.9. The second-order valence-electron chi connectivity index (χ2n) is 8.68. The molecule has 0 saturated heterocycles. The van der Waals surface area contributed by atoms with Crippen LogP contribution in [0.4, 0.5) is 0 Å². The van der Waals surface area contributed by atoms with E-state index in [1.807, 2.05) is 50.2 Å². The lowest BCUT2D eigenvalue weighted by molar-refractivity contribution is -0.138. The molecule has 0 aromatic heterocycles. The van der Waals surface area contributed by atoms with Gasteiger partial charge in [0.1, 0.15) is 23.0 Å². The Morgan fingerprint density at radius 3 is 2.40 bits per heavy atom. The first-order chi connectivity index (χ1) is 19.3. The summed E-state index contributed by atoms with van der Waals surface area (Å²) in [5, 5.41) is 11.1. The molecule has 1 heterocycles. The van der Waals surface area contributed by atoms with Crippen molar-refractivity contribution in [2.24, 2.45) is 4.99 Å². The zero-order valence-corrected chi connectivity index (χ0v) is 25.2. The molecule has 0 fully saturated rings. The predicted molar refractivity (Wildman–Crippen MR) is 166 cm³/mol. The van der Waals surface area contributed by atoms with Crippen molar-refractivity contribution < 1.29 is 28.9 Å². The first-order valence-electron chi connectivity index (χ1n) is 12.6. The minimum absolute atomic E-state index is 0.0776. The Bertz CT molecular complexity index is 1500. The number of ether oxygens (including phenoxy) is 3. The summed E-state index contributed by atoms with van der Waals surface area (Å²) in [5.74, 6) is -0.400. The van der Waals surface area contributed by atoms with E-state index in [-0.39, 0.29) is 23.0 Å². The zero-order chi connectivity index (χ0) is 28.6. The van der Waals surface area contributed by atoms with E-state index in [9.17, 15) is 14.7 Å². The summed E-state index contributed by atoms with van der Waals surface area (Å²) in [6, 6.07) is 20.3. The number of hydrogen-bond donors (Lipinski definition) is 1. The summed E-state index contributed by atoms with van der Waals surface area (Å²) in [6.45, 7) is 6.52. The Balaban J connectivity index is 1.67. The van der Waals surface area contributed by atoms with Crippen LogP contribution < -0.4 is 9.47 Å². The molecule has 40 heavy (non-hydrogen) atoms. The van der Waals surface area contributed by atoms with Gasteiger partial charge in [-0.25, -0.2) is 9.79 Å². The molecule has 0 radical (unpaired) electrons. The Labute approximate surface area is 251 Å². The molecule has 0 spiro atoms. The van der Waals surface area contributed by atoms with Crippen LogP contribution in [-0.4, -0.2) is 35.2 Å². The maximum atomic E-state index is 12.8. The standard InChI is InChI=1S/C31H28INO6S/c1-4-37-24-16-21(15-23(32)28(24)39-18-20-13-11-19(3)12-14-20)17-25-27(34)26(31(36)38-5-2)30(40-25)33-29(35)22-9-7-6-8-10-22/h6-17,34H,4-5,18H2,1-3H3/b25-17-,33-30?. The number of esters is 1. The average molecular weight is 670 g/mol. The largest absolute Gasteiger partial charge is 0.506 e. The van der Waals surface area contributed by atoms with Crippen molar-refractivity contribution in [1.82, 2.24) is 0 Å². The van der Waals surface area contributed by atoms with E-state index in [0.29, 0.717) is 40.7 Å². The van der Waals surface area contributed by atoms with Gasteiger partial charge in [0.2, 0.25) is 0 Å². The predicted octanol–water partition coefficient (Wildman–Crippen LogP) is 7.28. The number of rotatable bonds is 9. The molecule has 1 N–H and O–H groups in total. The lowest BCUT2D eigenvalue weighted by Crippen LogP contribution is -2.14. The molecule has 0 bridgehead atoms. The SMILES string of the molecule is CCOC(=O)C1=C(O)/C(=C/c2cc(I)c(OCc3ccc(C)cc3)c(OCC)c2)SC1=NC(=O)c1ccccc1. The number of thioether (sulfide) groups is 1. The maximum Gasteiger partial charge on any atom is 0.344 e. The van der Waals surface area contributed by atoms with Gasteiger partial charge in [-0.05, 0) is 84.8 Å². The average Bonchev–Trinajstić information content (AvgIpc) is 3.24. The van der Waals surface area contributed by atoms with Gasteiger partial charge in [-0.1, -0.05) is 59.8 Å². The van der Waals surface area contributed by atoms with E-state index in [4.69, 9.17) is 14.2 Å². The second kappa shape index (κ2) is 13.7. The summed E-state index contributed by atoms with van der Waals surface area (Å²) >= 11 is 3.21. The summed E-state index contributed by atoms with van der Waals surface area (Å²) in [4.78, 5) is 30.0. The molecule has 0 aliphatic carbocycles. The minimum Gasteiger partial charge on any atom is -0.506 e. The van der Waals surface area contributed by atoms with Crippen molar-refractivity contribution in [2.45, 2.75) is 27.4 Å². The van der Waals surface area contributed by atoms with Crippen molar-refractivity contribution in [3.8, 4) is 11.5 Å². The molecule has 3 aromatic rings. The van der Waals surface area contributed by atoms with Gasteiger partial charge in [0.15, 0.2) is 11.5 Å². The van der Waals surface area contributed by atoms with E-state index in [2.05, 4.69) is 27.6 Å². The molecule has 206 valence electrons. The normalized spacial score (nSPS) is 15.0. The zero-order valence-electron chi connectivity index (χ0n) is 22.3. The van der Waals surface area contributed by atoms with E-state index in [0.717, 1.165) is 20.9 Å². The molecule has 1 amide bonds. The molecule has 0 atom stereocenters. The fourth-order valence-corrected chi connectivity index (χ4v) is 5.59. The third-order valence-electron chi connectivity index (χ3n) is 5.73. The number of aliphatic imine (C=N–C) groups is 1. The lowest BCUT2D eigenvalue weighted by Gasteiger charge is -2.15. The van der Waals surface area contributed by atoms with Crippen LogP contribution in [0.1, 0.15) is 40.9 Å². The van der Waals surface area contributed by atoms with Gasteiger partial charge in [-0.3, -0.25) is 4.79 Å². The summed E-state index contributed by atoms with van der Waals surface area (Å²) in [5.41, 5.74) is 3.16. The number of carbonyl (C=O) groups excluding carboxylic acids is 2. The van der Waals surface area contributed by atoms with Crippen LogP contribution >= 0.6 is 34.4 Å². The first kappa shape index (κ1) is 29.4. The number of amides is 1. The fraction of sp³-hybridized carbons (Fsp3) is 0.194. The molecule has 1 aliphatic heterocycles. The highest BCUT2D eigenvalue weighted by Gasteiger charge is 2.34. The van der Waals surface area contributed by atoms with Crippen LogP contribution in [-0.2, 0) is 16.1 Å². The van der Waals surface area contributed by atoms with Crippen LogP contribution in [0.2, 0.25) is 0 Å². The Hall–Kier alpha value is -3.57. The van der Waals surface area contributed by atoms with Gasteiger partial charge in [0.25, 0.3) is 5.91 Å². The van der Waals surface area contributed by atoms with Crippen LogP contribution in [0.5, 0.6) is 11.5 Å². The molecule has 0 unspecified atom stereocenters. The number of benzene rings is 3. The number of carbonyl (C=O) groups is 2. The van der Waals surface area contributed by atoms with Crippen LogP contribution in [0.25, 0.3) is 6.08 Å². The van der Waals surface area contributed by atoms with Crippen molar-refractivity contribution >= 4 is 57.3 Å². The van der Waals surface area contributed by atoms with Crippen molar-refractivity contribution in [2.75, 3.05) is 13.2 Å². The van der Waals surface area contributed by atoms with Crippen molar-refractivity contribution in [1.29, 1.82) is 0 Å². The molecule has 4 rings (SSSR count). The number of nitrogens with zero attached hydrogens (tertiary/aromatic N) is 1. The highest BCUT2D eigenvalue weighted by Crippen LogP contribution is 2.41. The van der Waals surface area contributed by atoms with E-state index in [1.54, 1.807) is 43.3 Å². The summed E-state index contributed by atoms with van der Waals surface area (Å²) in [7, 11) is 0. The third-order valence-corrected chi connectivity index (χ3v) is 7.55. The van der Waals surface area contributed by atoms with Crippen LogP contribution in [0.3, 0.4) is 0 Å². The number of hydrogen-bond acceptors (Lipinski definition) is 7. The number of aryl methyl sites for hydroxylation is 1. The van der Waals surface area contributed by atoms with Crippen molar-refractivity contribution in [3.63, 3.8) is 0 Å². The lowest BCUT2D eigenvalue weighted by atomic mass is 10.1. The van der Waals surface area contributed by atoms with Crippen LogP contribution in [0.15, 0.2) is 88.0 Å². The highest BCUT2D eigenvalue weighted by molar-refractivity contribution is 14.1. The maximum absolute atomic E-state index is 12.8. The first-order valence-corrected chi connectivity index (χ1v) is 14.5. The van der Waals surface area contributed by atoms with Crippen molar-refractivity contribution in [3.05, 3.63) is 109 Å². The highest BCUT2D eigenvalue weighted by atomic mass is 127. The summed E-state index contributed by atoms with van der Waals surface area (Å²) < 4.78 is 18.0. The molecular weight excluding hydrogens is 641 g/mol. The molecule has 9 heteroatoms.